The maximum Gasteiger partial charge on any atom is 0.409 e. The zero-order valence-corrected chi connectivity index (χ0v) is 17.1. The molecule has 1 aromatic rings. The van der Waals surface area contributed by atoms with Crippen LogP contribution in [0.3, 0.4) is 0 Å². The first-order chi connectivity index (χ1) is 13.5. The van der Waals surface area contributed by atoms with Gasteiger partial charge in [-0.1, -0.05) is 13.8 Å². The molecule has 1 aromatic carbocycles. The largest absolute Gasteiger partial charge is 0.450 e. The Labute approximate surface area is 167 Å². The average Bonchev–Trinajstić information content (AvgIpc) is 2.73. The molecule has 2 rings (SSSR count). The Bertz CT molecular complexity index is 661. The summed E-state index contributed by atoms with van der Waals surface area (Å²) in [6, 6.07) is 6.87. The van der Waals surface area contributed by atoms with Gasteiger partial charge in [0.05, 0.1) is 6.61 Å². The first-order valence-corrected chi connectivity index (χ1v) is 10.1. The summed E-state index contributed by atoms with van der Waals surface area (Å²) in [5, 5.41) is 0. The molecule has 7 heteroatoms. The molecule has 7 nitrogen and oxygen atoms in total. The highest BCUT2D eigenvalue weighted by Gasteiger charge is 2.25. The van der Waals surface area contributed by atoms with Gasteiger partial charge < -0.3 is 19.4 Å². The van der Waals surface area contributed by atoms with Crippen molar-refractivity contribution >= 4 is 17.9 Å². The van der Waals surface area contributed by atoms with E-state index in [4.69, 9.17) is 4.74 Å². The van der Waals surface area contributed by atoms with Gasteiger partial charge in [0.15, 0.2) is 0 Å². The molecule has 0 aromatic heterocycles. The zero-order chi connectivity index (χ0) is 20.5. The molecule has 1 aliphatic heterocycles. The Kier molecular flexibility index (Phi) is 8.29. The quantitative estimate of drug-likeness (QED) is 0.719. The number of amides is 3. The van der Waals surface area contributed by atoms with Gasteiger partial charge in [0, 0.05) is 50.4 Å². The fourth-order valence-corrected chi connectivity index (χ4v) is 3.28. The normalized spacial score (nSPS) is 14.0. The minimum absolute atomic E-state index is 0.00532. The molecule has 0 radical (unpaired) electrons. The highest BCUT2D eigenvalue weighted by Crippen LogP contribution is 2.13. The third kappa shape index (κ3) is 5.47. The van der Waals surface area contributed by atoms with Crippen molar-refractivity contribution in [1.29, 1.82) is 0 Å². The summed E-state index contributed by atoms with van der Waals surface area (Å²) in [6.45, 7) is 9.56. The molecule has 1 saturated heterocycles. The van der Waals surface area contributed by atoms with Crippen LogP contribution in [0.2, 0.25) is 0 Å². The third-order valence-electron chi connectivity index (χ3n) is 4.75. The van der Waals surface area contributed by atoms with Crippen LogP contribution >= 0.6 is 0 Å². The minimum Gasteiger partial charge on any atom is -0.450 e. The van der Waals surface area contributed by atoms with E-state index in [0.717, 1.165) is 25.9 Å². The van der Waals surface area contributed by atoms with Crippen LogP contribution in [0.25, 0.3) is 0 Å². The molecule has 0 aliphatic carbocycles. The van der Waals surface area contributed by atoms with E-state index < -0.39 is 0 Å². The zero-order valence-electron chi connectivity index (χ0n) is 17.1. The highest BCUT2D eigenvalue weighted by atomic mass is 16.6. The lowest BCUT2D eigenvalue weighted by Gasteiger charge is -2.34. The van der Waals surface area contributed by atoms with Gasteiger partial charge in [-0.2, -0.15) is 0 Å². The predicted octanol–water partition coefficient (Wildman–Crippen LogP) is 2.86. The van der Waals surface area contributed by atoms with Crippen LogP contribution in [0, 0.1) is 0 Å². The van der Waals surface area contributed by atoms with E-state index in [1.807, 2.05) is 4.90 Å². The molecule has 0 spiro atoms. The van der Waals surface area contributed by atoms with Crippen LogP contribution in [-0.4, -0.2) is 78.5 Å². The van der Waals surface area contributed by atoms with E-state index in [2.05, 4.69) is 13.8 Å². The minimum atomic E-state index is -0.332. The van der Waals surface area contributed by atoms with E-state index >= 15 is 0 Å². The van der Waals surface area contributed by atoms with Crippen molar-refractivity contribution in [3.8, 4) is 0 Å². The Morgan fingerprint density at radius 2 is 1.36 bits per heavy atom. The van der Waals surface area contributed by atoms with Crippen molar-refractivity contribution in [1.82, 2.24) is 14.7 Å². The number of piperazine rings is 1. The Hall–Kier alpha value is -2.57. The van der Waals surface area contributed by atoms with Gasteiger partial charge in [-0.3, -0.25) is 9.59 Å². The molecule has 1 aliphatic rings. The molecule has 0 atom stereocenters. The van der Waals surface area contributed by atoms with Crippen molar-refractivity contribution in [3.05, 3.63) is 35.4 Å². The molecule has 28 heavy (non-hydrogen) atoms. The van der Waals surface area contributed by atoms with Crippen LogP contribution < -0.4 is 0 Å². The Morgan fingerprint density at radius 3 is 1.86 bits per heavy atom. The predicted molar refractivity (Wildman–Crippen MR) is 107 cm³/mol. The summed E-state index contributed by atoms with van der Waals surface area (Å²) in [5.74, 6) is -0.0766. The summed E-state index contributed by atoms with van der Waals surface area (Å²) < 4.78 is 5.00. The molecule has 154 valence electrons. The van der Waals surface area contributed by atoms with Gasteiger partial charge in [-0.25, -0.2) is 4.79 Å². The monoisotopic (exact) mass is 389 g/mol. The lowest BCUT2D eigenvalue weighted by Crippen LogP contribution is -2.50. The van der Waals surface area contributed by atoms with E-state index in [1.165, 1.54) is 0 Å². The summed E-state index contributed by atoms with van der Waals surface area (Å²) in [7, 11) is 0. The summed E-state index contributed by atoms with van der Waals surface area (Å²) >= 11 is 0. The number of ether oxygens (including phenoxy) is 1. The molecule has 0 saturated carbocycles. The van der Waals surface area contributed by atoms with Gasteiger partial charge in [-0.15, -0.1) is 0 Å². The lowest BCUT2D eigenvalue weighted by molar-refractivity contribution is 0.0570. The lowest BCUT2D eigenvalue weighted by atomic mass is 10.1. The fourth-order valence-electron chi connectivity index (χ4n) is 3.28. The molecular formula is C21H31N3O4. The van der Waals surface area contributed by atoms with Crippen molar-refractivity contribution in [2.24, 2.45) is 0 Å². The molecular weight excluding hydrogens is 358 g/mol. The molecule has 1 fully saturated rings. The fraction of sp³-hybridized carbons (Fsp3) is 0.571. The van der Waals surface area contributed by atoms with Gasteiger partial charge in [0.1, 0.15) is 0 Å². The number of benzene rings is 1. The second kappa shape index (κ2) is 10.7. The van der Waals surface area contributed by atoms with Crippen molar-refractivity contribution < 1.29 is 19.1 Å². The first-order valence-electron chi connectivity index (χ1n) is 10.1. The number of hydrogen-bond donors (Lipinski definition) is 0. The number of nitrogens with zero attached hydrogens (tertiary/aromatic N) is 3. The van der Waals surface area contributed by atoms with Crippen LogP contribution in [-0.2, 0) is 4.74 Å². The maximum absolute atomic E-state index is 12.7. The highest BCUT2D eigenvalue weighted by molar-refractivity contribution is 5.98. The van der Waals surface area contributed by atoms with E-state index in [9.17, 15) is 14.4 Å². The third-order valence-corrected chi connectivity index (χ3v) is 4.75. The Balaban J connectivity index is 1.97. The van der Waals surface area contributed by atoms with E-state index in [-0.39, 0.29) is 17.9 Å². The number of carbonyl (C=O) groups is 3. The first kappa shape index (κ1) is 21.7. The SMILES string of the molecule is CCCN(CCC)C(=O)c1ccc(C(=O)N2CCN(C(=O)OCC)CC2)cc1. The van der Waals surface area contributed by atoms with Crippen molar-refractivity contribution in [2.45, 2.75) is 33.6 Å². The van der Waals surface area contributed by atoms with Gasteiger partial charge in [0.25, 0.3) is 11.8 Å². The summed E-state index contributed by atoms with van der Waals surface area (Å²) in [4.78, 5) is 42.3. The summed E-state index contributed by atoms with van der Waals surface area (Å²) in [5.41, 5.74) is 1.16. The summed E-state index contributed by atoms with van der Waals surface area (Å²) in [6.07, 6.45) is 1.50. The number of hydrogen-bond acceptors (Lipinski definition) is 4. The second-order valence-electron chi connectivity index (χ2n) is 6.85. The van der Waals surface area contributed by atoms with Crippen LogP contribution in [0.5, 0.6) is 0 Å². The smallest absolute Gasteiger partial charge is 0.409 e. The molecule has 3 amide bonds. The Morgan fingerprint density at radius 1 is 0.857 bits per heavy atom. The van der Waals surface area contributed by atoms with E-state index in [1.54, 1.807) is 41.0 Å². The number of carbonyl (C=O) groups excluding carboxylic acids is 3. The maximum atomic E-state index is 12.7. The second-order valence-corrected chi connectivity index (χ2v) is 6.85. The van der Waals surface area contributed by atoms with Gasteiger partial charge >= 0.3 is 6.09 Å². The molecule has 0 N–H and O–H groups in total. The standard InChI is InChI=1S/C21H31N3O4/c1-4-11-22(12-5-2)19(25)17-7-9-18(10-8-17)20(26)23-13-15-24(16-14-23)21(27)28-6-3/h7-10H,4-6,11-16H2,1-3H3. The topological polar surface area (TPSA) is 70.2 Å². The van der Waals surface area contributed by atoms with Gasteiger partial charge in [-0.05, 0) is 44.0 Å². The van der Waals surface area contributed by atoms with Crippen LogP contribution in [0.15, 0.2) is 24.3 Å². The van der Waals surface area contributed by atoms with Gasteiger partial charge in [0.2, 0.25) is 0 Å². The van der Waals surface area contributed by atoms with E-state index in [0.29, 0.717) is 43.9 Å². The van der Waals surface area contributed by atoms with Crippen LogP contribution in [0.4, 0.5) is 4.79 Å². The average molecular weight is 389 g/mol. The van der Waals surface area contributed by atoms with Crippen LogP contribution in [0.1, 0.15) is 54.3 Å². The number of rotatable bonds is 7. The molecule has 0 unspecified atom stereocenters. The van der Waals surface area contributed by atoms with Crippen molar-refractivity contribution in [3.63, 3.8) is 0 Å². The van der Waals surface area contributed by atoms with Crippen molar-refractivity contribution in [2.75, 3.05) is 45.9 Å². The molecule has 1 heterocycles. The molecule has 0 bridgehead atoms.